The summed E-state index contributed by atoms with van der Waals surface area (Å²) in [6, 6.07) is 14.0. The van der Waals surface area contributed by atoms with Crippen LogP contribution in [0.3, 0.4) is 0 Å². The number of rotatable bonds is 6. The largest absolute Gasteiger partial charge is 0.364 e. The summed E-state index contributed by atoms with van der Waals surface area (Å²) < 4.78 is 1.67. The first-order chi connectivity index (χ1) is 18.3. The van der Waals surface area contributed by atoms with E-state index in [0.29, 0.717) is 12.5 Å². The molecule has 1 unspecified atom stereocenters. The first-order valence-electron chi connectivity index (χ1n) is 13.4. The van der Waals surface area contributed by atoms with Crippen molar-refractivity contribution in [2.45, 2.75) is 37.6 Å². The Labute approximate surface area is 220 Å². The SMILES string of the molecule is Cn1nc(C(N)=O)c2ccc(-c3ccc(C4=NC5(CC5)C(=O)N4CC4CCN(C(=O)C5CC5)C4)cc3)cc21. The number of hydrogen-bond acceptors (Lipinski definition) is 5. The smallest absolute Gasteiger partial charge is 0.269 e. The van der Waals surface area contributed by atoms with Crippen molar-refractivity contribution >= 4 is 34.5 Å². The van der Waals surface area contributed by atoms with Crippen molar-refractivity contribution in [2.24, 2.45) is 29.6 Å². The molecule has 1 saturated heterocycles. The van der Waals surface area contributed by atoms with Gasteiger partial charge in [0.05, 0.1) is 5.52 Å². The average molecular weight is 511 g/mol. The summed E-state index contributed by atoms with van der Waals surface area (Å²) in [6.45, 7) is 2.12. The van der Waals surface area contributed by atoms with Gasteiger partial charge in [0, 0.05) is 43.5 Å². The molecule has 3 amide bonds. The van der Waals surface area contributed by atoms with Gasteiger partial charge in [-0.15, -0.1) is 0 Å². The van der Waals surface area contributed by atoms with E-state index in [1.165, 1.54) is 0 Å². The maximum absolute atomic E-state index is 13.4. The monoisotopic (exact) mass is 510 g/mol. The van der Waals surface area contributed by atoms with Crippen LogP contribution in [0.2, 0.25) is 0 Å². The second-order valence-corrected chi connectivity index (χ2v) is 11.2. The lowest BCUT2D eigenvalue weighted by Gasteiger charge is -2.23. The molecule has 9 nitrogen and oxygen atoms in total. The van der Waals surface area contributed by atoms with Gasteiger partial charge in [-0.3, -0.25) is 29.0 Å². The van der Waals surface area contributed by atoms with Crippen molar-refractivity contribution in [1.82, 2.24) is 19.6 Å². The number of carbonyl (C=O) groups is 3. The van der Waals surface area contributed by atoms with E-state index >= 15 is 0 Å². The summed E-state index contributed by atoms with van der Waals surface area (Å²) >= 11 is 0. The van der Waals surface area contributed by atoms with Crippen LogP contribution in [0.25, 0.3) is 22.0 Å². The third-order valence-electron chi connectivity index (χ3n) is 8.47. The van der Waals surface area contributed by atoms with Crippen molar-refractivity contribution in [3.63, 3.8) is 0 Å². The number of nitrogens with zero attached hydrogens (tertiary/aromatic N) is 5. The van der Waals surface area contributed by atoms with E-state index in [9.17, 15) is 14.4 Å². The minimum atomic E-state index is -0.571. The van der Waals surface area contributed by atoms with E-state index in [4.69, 9.17) is 10.7 Å². The van der Waals surface area contributed by atoms with Gasteiger partial charge in [0.15, 0.2) is 5.69 Å². The van der Waals surface area contributed by atoms with Crippen LogP contribution >= 0.6 is 0 Å². The Kier molecular flexibility index (Phi) is 5.02. The molecule has 194 valence electrons. The molecule has 3 fully saturated rings. The summed E-state index contributed by atoms with van der Waals surface area (Å²) in [4.78, 5) is 46.4. The van der Waals surface area contributed by atoms with E-state index in [-0.39, 0.29) is 23.4 Å². The van der Waals surface area contributed by atoms with Gasteiger partial charge in [-0.2, -0.15) is 5.10 Å². The molecule has 7 rings (SSSR count). The van der Waals surface area contributed by atoms with Crippen LogP contribution in [0.1, 0.15) is 48.2 Å². The van der Waals surface area contributed by atoms with E-state index in [2.05, 4.69) is 5.10 Å². The molecular formula is C29H30N6O3. The Balaban J connectivity index is 1.13. The standard InChI is InChI=1S/C29H30N6O3/c1-33-23-14-21(8-9-22(23)24(32-33)25(30)36)18-2-4-19(5-3-18)26-31-29(11-12-29)28(38)35(26)16-17-10-13-34(15-17)27(37)20-6-7-20/h2-5,8-9,14,17,20H,6-7,10-13,15-16H2,1H3,(H2,30,36). The van der Waals surface area contributed by atoms with Crippen molar-refractivity contribution in [3.8, 4) is 11.1 Å². The fraction of sp³-hybridized carbons (Fsp3) is 0.414. The fourth-order valence-corrected chi connectivity index (χ4v) is 5.95. The first kappa shape index (κ1) is 23.1. The maximum atomic E-state index is 13.4. The van der Waals surface area contributed by atoms with E-state index in [0.717, 1.165) is 78.6 Å². The molecule has 2 saturated carbocycles. The average Bonchev–Trinajstić information content (AvgIpc) is 3.82. The van der Waals surface area contributed by atoms with Crippen LogP contribution in [0.5, 0.6) is 0 Å². The van der Waals surface area contributed by atoms with Gasteiger partial charge in [-0.25, -0.2) is 0 Å². The fourth-order valence-electron chi connectivity index (χ4n) is 5.95. The highest BCUT2D eigenvalue weighted by molar-refractivity contribution is 6.16. The Morgan fingerprint density at radius 3 is 2.42 bits per heavy atom. The van der Waals surface area contributed by atoms with E-state index < -0.39 is 11.4 Å². The minimum absolute atomic E-state index is 0.107. The molecule has 3 heterocycles. The zero-order valence-electron chi connectivity index (χ0n) is 21.4. The van der Waals surface area contributed by atoms with Crippen LogP contribution < -0.4 is 5.73 Å². The summed E-state index contributed by atoms with van der Waals surface area (Å²) in [5, 5.41) is 4.99. The topological polar surface area (TPSA) is 114 Å². The molecule has 1 spiro atoms. The number of nitrogens with two attached hydrogens (primary N) is 1. The molecule has 1 atom stereocenters. The Bertz CT molecular complexity index is 1530. The number of primary amides is 1. The zero-order chi connectivity index (χ0) is 26.2. The van der Waals surface area contributed by atoms with Gasteiger partial charge in [-0.05, 0) is 61.3 Å². The van der Waals surface area contributed by atoms with Crippen LogP contribution in [-0.2, 0) is 16.6 Å². The quantitative estimate of drug-likeness (QED) is 0.549. The Morgan fingerprint density at radius 1 is 1.03 bits per heavy atom. The summed E-state index contributed by atoms with van der Waals surface area (Å²) in [5.41, 5.74) is 8.94. The predicted molar refractivity (Wildman–Crippen MR) is 142 cm³/mol. The van der Waals surface area contributed by atoms with Crippen LogP contribution in [0.15, 0.2) is 47.5 Å². The molecule has 9 heteroatoms. The number of carbonyl (C=O) groups excluding carboxylic acids is 3. The number of fused-ring (bicyclic) bond motifs is 1. The Hall–Kier alpha value is -4.01. The number of aryl methyl sites for hydroxylation is 1. The van der Waals surface area contributed by atoms with Crippen LogP contribution in [-0.4, -0.2) is 68.3 Å². The van der Waals surface area contributed by atoms with Gasteiger partial charge in [-0.1, -0.05) is 30.3 Å². The normalized spacial score (nSPS) is 22.0. The van der Waals surface area contributed by atoms with Crippen molar-refractivity contribution in [2.75, 3.05) is 19.6 Å². The van der Waals surface area contributed by atoms with E-state index in [1.54, 1.807) is 11.7 Å². The number of amides is 3. The zero-order valence-corrected chi connectivity index (χ0v) is 21.4. The molecule has 2 aliphatic heterocycles. The highest BCUT2D eigenvalue weighted by Gasteiger charge is 2.57. The molecule has 1 aromatic heterocycles. The molecule has 38 heavy (non-hydrogen) atoms. The number of hydrogen-bond donors (Lipinski definition) is 1. The van der Waals surface area contributed by atoms with Crippen molar-refractivity contribution in [1.29, 1.82) is 0 Å². The number of likely N-dealkylation sites (tertiary alicyclic amines) is 1. The second-order valence-electron chi connectivity index (χ2n) is 11.2. The lowest BCUT2D eigenvalue weighted by Crippen LogP contribution is -2.40. The molecule has 2 N–H and O–H groups in total. The molecule has 4 aliphatic rings. The molecule has 3 aromatic rings. The summed E-state index contributed by atoms with van der Waals surface area (Å²) in [7, 11) is 1.80. The lowest BCUT2D eigenvalue weighted by atomic mass is 10.0. The van der Waals surface area contributed by atoms with E-state index in [1.807, 2.05) is 52.3 Å². The minimum Gasteiger partial charge on any atom is -0.364 e. The summed E-state index contributed by atoms with van der Waals surface area (Å²) in [6.07, 6.45) is 4.57. The van der Waals surface area contributed by atoms with Gasteiger partial charge in [0.1, 0.15) is 11.4 Å². The molecule has 2 aromatic carbocycles. The molecule has 2 aliphatic carbocycles. The summed E-state index contributed by atoms with van der Waals surface area (Å²) in [5.74, 6) is 1.11. The van der Waals surface area contributed by atoms with Gasteiger partial charge in [0.25, 0.3) is 11.8 Å². The molecule has 0 radical (unpaired) electrons. The van der Waals surface area contributed by atoms with Crippen molar-refractivity contribution in [3.05, 3.63) is 53.7 Å². The number of aliphatic imine (C=N–C) groups is 1. The number of benzene rings is 2. The predicted octanol–water partition coefficient (Wildman–Crippen LogP) is 2.72. The van der Waals surface area contributed by atoms with Gasteiger partial charge >= 0.3 is 0 Å². The second kappa shape index (κ2) is 8.24. The number of amidine groups is 1. The third kappa shape index (κ3) is 3.71. The Morgan fingerprint density at radius 2 is 1.74 bits per heavy atom. The highest BCUT2D eigenvalue weighted by Crippen LogP contribution is 2.46. The van der Waals surface area contributed by atoms with Crippen LogP contribution in [0, 0.1) is 11.8 Å². The van der Waals surface area contributed by atoms with Crippen LogP contribution in [0.4, 0.5) is 0 Å². The van der Waals surface area contributed by atoms with Gasteiger partial charge in [0.2, 0.25) is 5.91 Å². The maximum Gasteiger partial charge on any atom is 0.269 e. The number of aromatic nitrogens is 2. The molecular weight excluding hydrogens is 480 g/mol. The highest BCUT2D eigenvalue weighted by atomic mass is 16.2. The third-order valence-corrected chi connectivity index (χ3v) is 8.47. The van der Waals surface area contributed by atoms with Gasteiger partial charge < -0.3 is 10.6 Å². The lowest BCUT2D eigenvalue weighted by molar-refractivity contribution is -0.131. The van der Waals surface area contributed by atoms with Crippen molar-refractivity contribution < 1.29 is 14.4 Å². The first-order valence-corrected chi connectivity index (χ1v) is 13.4. The molecule has 0 bridgehead atoms.